The van der Waals surface area contributed by atoms with E-state index in [0.717, 1.165) is 25.7 Å². The van der Waals surface area contributed by atoms with Crippen LogP contribution in [0.2, 0.25) is 0 Å². The topological polar surface area (TPSA) is 9.86 Å². The van der Waals surface area contributed by atoms with Crippen LogP contribution in [0.15, 0.2) is 139 Å². The second-order valence-corrected chi connectivity index (χ2v) is 15.1. The fraction of sp³-hybridized carbons (Fsp3) is 0.216. The second-order valence-electron chi connectivity index (χ2n) is 15.1. The van der Waals surface area contributed by atoms with E-state index in [2.05, 4.69) is 170 Å². The summed E-state index contributed by atoms with van der Waals surface area (Å²) < 4.78 is 5.04. The van der Waals surface area contributed by atoms with Gasteiger partial charge in [-0.2, -0.15) is 0 Å². The number of hydrogen-bond donors (Lipinski definition) is 0. The van der Waals surface area contributed by atoms with E-state index in [0.29, 0.717) is 0 Å². The van der Waals surface area contributed by atoms with E-state index in [9.17, 15) is 0 Å². The molecule has 8 aromatic rings. The van der Waals surface area contributed by atoms with Crippen molar-refractivity contribution in [3.8, 4) is 22.5 Å². The third kappa shape index (κ3) is 4.85. The number of aryl methyl sites for hydroxylation is 1. The first-order chi connectivity index (χ1) is 26.0. The Morgan fingerprint density at radius 3 is 2.17 bits per heavy atom. The maximum absolute atomic E-state index is 2.55. The maximum Gasteiger partial charge on any atom is 0.0562 e. The lowest BCUT2D eigenvalue weighted by Gasteiger charge is -2.21. The number of rotatable bonds is 5. The molecule has 0 atom stereocenters. The second kappa shape index (κ2) is 12.8. The van der Waals surface area contributed by atoms with Crippen molar-refractivity contribution in [2.45, 2.75) is 72.6 Å². The fourth-order valence-corrected chi connectivity index (χ4v) is 9.63. The number of para-hydroxylation sites is 2. The molecular weight excluding hydrogens is 641 g/mol. The predicted octanol–water partition coefficient (Wildman–Crippen LogP) is 14.4. The van der Waals surface area contributed by atoms with Crippen molar-refractivity contribution in [2.75, 3.05) is 0 Å². The molecule has 0 N–H and O–H groups in total. The van der Waals surface area contributed by atoms with Crippen LogP contribution in [0.1, 0.15) is 82.6 Å². The van der Waals surface area contributed by atoms with Crippen LogP contribution in [0.5, 0.6) is 0 Å². The SMILES string of the molecule is CC.CCCC1=C(c2ccc3c(c2C)c2ccccc2n3-c2cccc3c2c2cc4c(cc2n3-c2ccccc2)C(C)(C)c2ccccc2-4)CCC=C1. The number of benzene rings is 6. The number of allylic oxidation sites excluding steroid dienone is 4. The van der Waals surface area contributed by atoms with Gasteiger partial charge in [-0.25, -0.2) is 0 Å². The Kier molecular flexibility index (Phi) is 8.04. The minimum absolute atomic E-state index is 0.0798. The lowest BCUT2D eigenvalue weighted by molar-refractivity contribution is 0.661. The summed E-state index contributed by atoms with van der Waals surface area (Å²) in [6, 6.07) is 45.6. The number of hydrogen-bond acceptors (Lipinski definition) is 0. The highest BCUT2D eigenvalue weighted by Gasteiger charge is 2.36. The number of fused-ring (bicyclic) bond motifs is 9. The van der Waals surface area contributed by atoms with E-state index in [-0.39, 0.29) is 5.41 Å². The summed E-state index contributed by atoms with van der Waals surface area (Å²) in [5, 5.41) is 5.26. The molecule has 2 aliphatic carbocycles. The maximum atomic E-state index is 2.55. The third-order valence-electron chi connectivity index (χ3n) is 11.9. The van der Waals surface area contributed by atoms with E-state index in [1.165, 1.54) is 99.5 Å². The summed E-state index contributed by atoms with van der Waals surface area (Å²) >= 11 is 0. The first-order valence-electron chi connectivity index (χ1n) is 19.7. The largest absolute Gasteiger partial charge is 0.309 e. The lowest BCUT2D eigenvalue weighted by atomic mass is 9.82. The van der Waals surface area contributed by atoms with Gasteiger partial charge in [-0.1, -0.05) is 126 Å². The first-order valence-corrected chi connectivity index (χ1v) is 19.7. The highest BCUT2D eigenvalue weighted by molar-refractivity contribution is 6.18. The summed E-state index contributed by atoms with van der Waals surface area (Å²) in [4.78, 5) is 0. The molecule has 0 fully saturated rings. The van der Waals surface area contributed by atoms with Crippen LogP contribution in [-0.2, 0) is 5.41 Å². The first kappa shape index (κ1) is 33.3. The number of aromatic nitrogens is 2. The minimum Gasteiger partial charge on any atom is -0.309 e. The van der Waals surface area contributed by atoms with Crippen LogP contribution in [0, 0.1) is 6.92 Å². The van der Waals surface area contributed by atoms with E-state index in [4.69, 9.17) is 0 Å². The third-order valence-corrected chi connectivity index (χ3v) is 11.9. The monoisotopic (exact) mass is 688 g/mol. The van der Waals surface area contributed by atoms with Crippen molar-refractivity contribution in [3.05, 3.63) is 161 Å². The van der Waals surface area contributed by atoms with Crippen molar-refractivity contribution in [3.63, 3.8) is 0 Å². The average Bonchev–Trinajstić information content (AvgIpc) is 3.79. The van der Waals surface area contributed by atoms with Gasteiger partial charge in [-0.05, 0) is 119 Å². The van der Waals surface area contributed by atoms with Crippen molar-refractivity contribution in [1.82, 2.24) is 9.13 Å². The summed E-state index contributed by atoms with van der Waals surface area (Å²) in [6.07, 6.45) is 9.25. The van der Waals surface area contributed by atoms with E-state index >= 15 is 0 Å². The molecule has 10 rings (SSSR count). The van der Waals surface area contributed by atoms with Gasteiger partial charge in [0.2, 0.25) is 0 Å². The molecule has 2 nitrogen and oxygen atoms in total. The highest BCUT2D eigenvalue weighted by Crippen LogP contribution is 2.52. The van der Waals surface area contributed by atoms with Gasteiger partial charge < -0.3 is 9.13 Å². The van der Waals surface area contributed by atoms with Crippen LogP contribution in [0.4, 0.5) is 0 Å². The Bertz CT molecular complexity index is 2780. The molecule has 0 amide bonds. The molecule has 0 saturated heterocycles. The molecule has 0 bridgehead atoms. The Morgan fingerprint density at radius 2 is 1.34 bits per heavy atom. The van der Waals surface area contributed by atoms with Gasteiger partial charge >= 0.3 is 0 Å². The molecule has 0 saturated carbocycles. The van der Waals surface area contributed by atoms with Gasteiger partial charge in [0, 0.05) is 32.6 Å². The molecule has 2 heteroatoms. The zero-order valence-electron chi connectivity index (χ0n) is 31.9. The van der Waals surface area contributed by atoms with Gasteiger partial charge in [0.25, 0.3) is 0 Å². The van der Waals surface area contributed by atoms with Crippen molar-refractivity contribution in [1.29, 1.82) is 0 Å². The number of nitrogens with zero attached hydrogens (tertiary/aromatic N) is 2. The molecule has 2 aromatic heterocycles. The minimum atomic E-state index is -0.0798. The van der Waals surface area contributed by atoms with Crippen molar-refractivity contribution < 1.29 is 0 Å². The Morgan fingerprint density at radius 1 is 0.604 bits per heavy atom. The summed E-state index contributed by atoms with van der Waals surface area (Å²) in [6.45, 7) is 13.4. The summed E-state index contributed by atoms with van der Waals surface area (Å²) in [7, 11) is 0. The molecule has 53 heavy (non-hydrogen) atoms. The molecule has 0 unspecified atom stereocenters. The highest BCUT2D eigenvalue weighted by atomic mass is 15.0. The van der Waals surface area contributed by atoms with E-state index in [1.54, 1.807) is 0 Å². The van der Waals surface area contributed by atoms with Crippen molar-refractivity contribution in [2.24, 2.45) is 0 Å². The van der Waals surface area contributed by atoms with Crippen LogP contribution in [-0.4, -0.2) is 9.13 Å². The van der Waals surface area contributed by atoms with Crippen LogP contribution in [0.3, 0.4) is 0 Å². The molecule has 6 aromatic carbocycles. The molecule has 2 heterocycles. The Balaban J connectivity index is 0.00000183. The quantitative estimate of drug-likeness (QED) is 0.170. The normalized spacial score (nSPS) is 14.6. The molecule has 0 radical (unpaired) electrons. The van der Waals surface area contributed by atoms with E-state index in [1.807, 2.05) is 13.8 Å². The summed E-state index contributed by atoms with van der Waals surface area (Å²) in [5.41, 5.74) is 18.7. The molecule has 0 aliphatic heterocycles. The van der Waals surface area contributed by atoms with E-state index < -0.39 is 0 Å². The smallest absolute Gasteiger partial charge is 0.0562 e. The van der Waals surface area contributed by atoms with Gasteiger partial charge in [-0.15, -0.1) is 0 Å². The van der Waals surface area contributed by atoms with Gasteiger partial charge in [-0.3, -0.25) is 0 Å². The fourth-order valence-electron chi connectivity index (χ4n) is 9.63. The average molecular weight is 689 g/mol. The zero-order valence-corrected chi connectivity index (χ0v) is 31.9. The predicted molar refractivity (Wildman–Crippen MR) is 229 cm³/mol. The Hall–Kier alpha value is -5.60. The standard InChI is InChI=1S/C49H42N2.C2H6/c1-5-16-32-17-9-10-20-35(32)34-27-28-45-47(31(34)2)37-22-12-14-24-42(37)51(45)44-26-15-25-43-48(44)39-29-38-36-21-11-13-23-40(36)49(3,4)41(38)30-46(39)50(43)33-18-7-6-8-19-33;1-2/h6-9,11-15,17-19,21-30H,5,10,16,20H2,1-4H3;1-2H3. The van der Waals surface area contributed by atoms with Gasteiger partial charge in [0.15, 0.2) is 0 Å². The zero-order chi connectivity index (χ0) is 36.4. The molecule has 2 aliphatic rings. The lowest BCUT2D eigenvalue weighted by Crippen LogP contribution is -2.14. The summed E-state index contributed by atoms with van der Waals surface area (Å²) in [5.74, 6) is 0. The Labute approximate surface area is 313 Å². The van der Waals surface area contributed by atoms with Crippen LogP contribution in [0.25, 0.3) is 71.7 Å². The van der Waals surface area contributed by atoms with Gasteiger partial charge in [0.1, 0.15) is 0 Å². The van der Waals surface area contributed by atoms with Crippen LogP contribution >= 0.6 is 0 Å². The molecular formula is C51H48N2. The molecule has 262 valence electrons. The van der Waals surface area contributed by atoms with Crippen molar-refractivity contribution >= 4 is 49.2 Å². The molecule has 0 spiro atoms. The van der Waals surface area contributed by atoms with Gasteiger partial charge in [0.05, 0.1) is 27.8 Å². The van der Waals surface area contributed by atoms with Crippen LogP contribution < -0.4 is 0 Å².